The van der Waals surface area contributed by atoms with Crippen LogP contribution in [0.3, 0.4) is 0 Å². The van der Waals surface area contributed by atoms with E-state index in [-0.39, 0.29) is 5.92 Å². The number of methoxy groups -OCH3 is 2. The van der Waals surface area contributed by atoms with Crippen molar-refractivity contribution >= 4 is 15.9 Å². The molecule has 2 aliphatic rings. The maximum Gasteiger partial charge on any atom is 0.158 e. The van der Waals surface area contributed by atoms with E-state index in [1.165, 1.54) is 0 Å². The summed E-state index contributed by atoms with van der Waals surface area (Å²) in [6.45, 7) is 0. The number of rotatable bonds is 4. The van der Waals surface area contributed by atoms with Crippen LogP contribution in [0, 0.1) is 0 Å². The van der Waals surface area contributed by atoms with E-state index in [2.05, 4.69) is 33.0 Å². The first-order valence-electron chi connectivity index (χ1n) is 10.1. The number of pyridine rings is 1. The quantitative estimate of drug-likeness (QED) is 0.522. The van der Waals surface area contributed by atoms with Crippen LogP contribution < -0.4 is 9.47 Å². The Kier molecular flexibility index (Phi) is 4.99. The molecule has 1 aromatic heterocycles. The second-order valence-electron chi connectivity index (χ2n) is 7.79. The minimum Gasteiger partial charge on any atom is -0.504 e. The van der Waals surface area contributed by atoms with Crippen molar-refractivity contribution in [1.82, 2.24) is 4.98 Å². The number of halogens is 1. The molecule has 3 unspecified atom stereocenters. The van der Waals surface area contributed by atoms with Crippen molar-refractivity contribution in [2.75, 3.05) is 14.2 Å². The van der Waals surface area contributed by atoms with Crippen molar-refractivity contribution in [2.45, 2.75) is 24.0 Å². The molecule has 1 N–H and O–H groups in total. The third-order valence-corrected chi connectivity index (χ3v) is 6.69. The molecule has 0 radical (unpaired) electrons. The van der Waals surface area contributed by atoms with Gasteiger partial charge in [0.15, 0.2) is 11.4 Å². The predicted molar refractivity (Wildman–Crippen MR) is 121 cm³/mol. The molecule has 1 aliphatic carbocycles. The first-order valence-corrected chi connectivity index (χ1v) is 10.9. The molecular formula is C25H22BrNO4. The molecule has 2 heterocycles. The fraction of sp³-hybridized carbons (Fsp3) is 0.240. The number of fused-ring (bicyclic) bond motifs is 3. The van der Waals surface area contributed by atoms with E-state index in [0.29, 0.717) is 29.2 Å². The molecule has 0 spiro atoms. The Bertz CT molecular complexity index is 1150. The summed E-state index contributed by atoms with van der Waals surface area (Å²) < 4.78 is 18.5. The first-order chi connectivity index (χ1) is 15.1. The summed E-state index contributed by atoms with van der Waals surface area (Å²) in [5, 5.41) is 12.1. The smallest absolute Gasteiger partial charge is 0.158 e. The van der Waals surface area contributed by atoms with Crippen LogP contribution in [-0.2, 0) is 10.3 Å². The number of hydrogen-bond acceptors (Lipinski definition) is 5. The lowest BCUT2D eigenvalue weighted by Gasteiger charge is -2.26. The Morgan fingerprint density at radius 2 is 1.87 bits per heavy atom. The van der Waals surface area contributed by atoms with Crippen LogP contribution in [0.5, 0.6) is 11.5 Å². The number of hydrogen-bond donors (Lipinski definition) is 1. The van der Waals surface area contributed by atoms with Crippen molar-refractivity contribution in [3.8, 4) is 22.8 Å². The van der Waals surface area contributed by atoms with Crippen molar-refractivity contribution < 1.29 is 19.3 Å². The van der Waals surface area contributed by atoms with Crippen LogP contribution in [0.1, 0.15) is 23.5 Å². The average Bonchev–Trinajstić information content (AvgIpc) is 3.25. The Morgan fingerprint density at radius 3 is 2.55 bits per heavy atom. The topological polar surface area (TPSA) is 60.8 Å². The molecule has 6 heteroatoms. The van der Waals surface area contributed by atoms with Crippen molar-refractivity contribution in [3.05, 3.63) is 88.2 Å². The molecule has 0 saturated heterocycles. The molecular weight excluding hydrogens is 458 g/mol. The number of ether oxygens (including phenoxy) is 3. The average molecular weight is 480 g/mol. The van der Waals surface area contributed by atoms with Gasteiger partial charge in [0, 0.05) is 21.5 Å². The molecule has 0 bridgehead atoms. The zero-order valence-electron chi connectivity index (χ0n) is 17.2. The minimum atomic E-state index is -1.37. The van der Waals surface area contributed by atoms with Gasteiger partial charge in [-0.05, 0) is 24.1 Å². The second-order valence-corrected chi connectivity index (χ2v) is 8.71. The van der Waals surface area contributed by atoms with Crippen LogP contribution in [0.25, 0.3) is 11.3 Å². The van der Waals surface area contributed by atoms with Gasteiger partial charge in [0.2, 0.25) is 0 Å². The zero-order chi connectivity index (χ0) is 21.6. The molecule has 1 fully saturated rings. The van der Waals surface area contributed by atoms with E-state index in [0.717, 1.165) is 21.2 Å². The van der Waals surface area contributed by atoms with E-state index in [1.807, 2.05) is 42.5 Å². The van der Waals surface area contributed by atoms with Crippen LogP contribution in [0.2, 0.25) is 0 Å². The normalized spacial score (nSPS) is 25.1. The maximum atomic E-state index is 12.1. The van der Waals surface area contributed by atoms with Gasteiger partial charge in [0.1, 0.15) is 17.5 Å². The standard InChI is InChI=1S/C25H22BrNO4/c1-29-14-17-12-19(15-6-4-3-5-7-15)24-25(17,28)21-20(30-2)13-27-22(23(21)31-24)16-8-10-18(26)11-9-16/h3-11,13-14,19,24,28H,12H2,1-2H3. The van der Waals surface area contributed by atoms with Gasteiger partial charge in [-0.3, -0.25) is 0 Å². The van der Waals surface area contributed by atoms with Gasteiger partial charge in [-0.2, -0.15) is 0 Å². The third kappa shape index (κ3) is 3.05. The molecule has 1 saturated carbocycles. The molecule has 158 valence electrons. The molecule has 31 heavy (non-hydrogen) atoms. The summed E-state index contributed by atoms with van der Waals surface area (Å²) >= 11 is 3.48. The summed E-state index contributed by atoms with van der Waals surface area (Å²) in [5.41, 5.74) is 2.68. The molecule has 0 amide bonds. The largest absolute Gasteiger partial charge is 0.504 e. The Morgan fingerprint density at radius 1 is 1.13 bits per heavy atom. The van der Waals surface area contributed by atoms with E-state index < -0.39 is 11.7 Å². The molecule has 5 nitrogen and oxygen atoms in total. The Hall–Kier alpha value is -2.83. The zero-order valence-corrected chi connectivity index (χ0v) is 18.8. The summed E-state index contributed by atoms with van der Waals surface area (Å²) in [6.07, 6.45) is 3.39. The second kappa shape index (κ2) is 7.70. The number of aliphatic hydroxyl groups is 1. The monoisotopic (exact) mass is 479 g/mol. The SMILES string of the molecule is COC=C1CC(c2ccccc2)C2Oc3c(-c4ccc(Br)cc4)ncc(OC)c3C12O. The van der Waals surface area contributed by atoms with Crippen LogP contribution >= 0.6 is 15.9 Å². The van der Waals surface area contributed by atoms with E-state index >= 15 is 0 Å². The lowest BCUT2D eigenvalue weighted by atomic mass is 9.86. The summed E-state index contributed by atoms with van der Waals surface area (Å²) in [7, 11) is 3.17. The number of nitrogens with zero attached hydrogens (tertiary/aromatic N) is 1. The highest BCUT2D eigenvalue weighted by Gasteiger charge is 2.61. The van der Waals surface area contributed by atoms with Crippen LogP contribution in [0.15, 0.2) is 77.1 Å². The van der Waals surface area contributed by atoms with Crippen molar-refractivity contribution in [2.24, 2.45) is 0 Å². The summed E-state index contributed by atoms with van der Waals surface area (Å²) in [4.78, 5) is 4.62. The van der Waals surface area contributed by atoms with Gasteiger partial charge < -0.3 is 19.3 Å². The van der Waals surface area contributed by atoms with Gasteiger partial charge in [0.05, 0.1) is 32.2 Å². The van der Waals surface area contributed by atoms with E-state index in [9.17, 15) is 5.11 Å². The summed E-state index contributed by atoms with van der Waals surface area (Å²) in [5.74, 6) is 1.01. The highest BCUT2D eigenvalue weighted by atomic mass is 79.9. The third-order valence-electron chi connectivity index (χ3n) is 6.16. The van der Waals surface area contributed by atoms with E-state index in [4.69, 9.17) is 14.2 Å². The highest BCUT2D eigenvalue weighted by molar-refractivity contribution is 9.10. The van der Waals surface area contributed by atoms with E-state index in [1.54, 1.807) is 26.7 Å². The van der Waals surface area contributed by atoms with Gasteiger partial charge in [-0.15, -0.1) is 0 Å². The fourth-order valence-electron chi connectivity index (χ4n) is 4.76. The lowest BCUT2D eigenvalue weighted by molar-refractivity contribution is 0.00102. The van der Waals surface area contributed by atoms with Gasteiger partial charge >= 0.3 is 0 Å². The molecule has 3 aromatic rings. The number of benzene rings is 2. The first kappa shape index (κ1) is 20.1. The molecule has 5 rings (SSSR count). The Labute approximate surface area is 189 Å². The van der Waals surface area contributed by atoms with Gasteiger partial charge in [-0.1, -0.05) is 58.4 Å². The van der Waals surface area contributed by atoms with Crippen molar-refractivity contribution in [1.29, 1.82) is 0 Å². The maximum absolute atomic E-state index is 12.1. The highest BCUT2D eigenvalue weighted by Crippen LogP contribution is 2.61. The molecule has 2 aromatic carbocycles. The molecule has 1 aliphatic heterocycles. The van der Waals surface area contributed by atoms with Crippen molar-refractivity contribution in [3.63, 3.8) is 0 Å². The fourth-order valence-corrected chi connectivity index (χ4v) is 5.03. The van der Waals surface area contributed by atoms with Crippen LogP contribution in [-0.4, -0.2) is 30.4 Å². The summed E-state index contributed by atoms with van der Waals surface area (Å²) in [6, 6.07) is 18.0. The van der Waals surface area contributed by atoms with Gasteiger partial charge in [0.25, 0.3) is 0 Å². The minimum absolute atomic E-state index is 0.0394. The lowest BCUT2D eigenvalue weighted by Crippen LogP contribution is -2.36. The Balaban J connectivity index is 1.72. The predicted octanol–water partition coefficient (Wildman–Crippen LogP) is 5.19. The van der Waals surface area contributed by atoms with Gasteiger partial charge in [-0.25, -0.2) is 4.98 Å². The molecule has 3 atom stereocenters. The number of aromatic nitrogens is 1. The van der Waals surface area contributed by atoms with Crippen LogP contribution in [0.4, 0.5) is 0 Å².